The maximum atomic E-state index is 12.1. The molecule has 1 aliphatic heterocycles. The molecule has 20 heavy (non-hydrogen) atoms. The summed E-state index contributed by atoms with van der Waals surface area (Å²) in [6.07, 6.45) is 3.41. The van der Waals surface area contributed by atoms with Crippen molar-refractivity contribution in [1.29, 1.82) is 0 Å². The second kappa shape index (κ2) is 5.73. The van der Waals surface area contributed by atoms with Crippen LogP contribution in [0, 0.1) is 0 Å². The minimum absolute atomic E-state index is 0.276. The lowest BCUT2D eigenvalue weighted by Gasteiger charge is -2.35. The molecular formula is C9H14N4O6S. The monoisotopic (exact) mass is 306 g/mol. The van der Waals surface area contributed by atoms with E-state index >= 15 is 0 Å². The minimum atomic E-state index is -4.75. The zero-order valence-electron chi connectivity index (χ0n) is 10.7. The predicted molar refractivity (Wildman–Crippen MR) is 63.4 cm³/mol. The molecule has 1 N–H and O–H groups in total. The molecule has 11 heteroatoms. The number of hydrogen-bond donors (Lipinski definition) is 1. The lowest BCUT2D eigenvalue weighted by atomic mass is 10.0. The Morgan fingerprint density at radius 3 is 2.95 bits per heavy atom. The molecule has 0 bridgehead atoms. The molecule has 2 heterocycles. The Labute approximate surface area is 115 Å². The van der Waals surface area contributed by atoms with Crippen LogP contribution in [-0.2, 0) is 14.7 Å². The van der Waals surface area contributed by atoms with Crippen LogP contribution < -0.4 is 0 Å². The molecule has 1 saturated heterocycles. The summed E-state index contributed by atoms with van der Waals surface area (Å²) in [6.45, 7) is 0.394. The van der Waals surface area contributed by atoms with Crippen LogP contribution >= 0.6 is 0 Å². The van der Waals surface area contributed by atoms with Crippen LogP contribution in [0.25, 0.3) is 0 Å². The van der Waals surface area contributed by atoms with Gasteiger partial charge in [-0.1, -0.05) is 0 Å². The molecule has 0 saturated carbocycles. The lowest BCUT2D eigenvalue weighted by Crippen LogP contribution is -2.46. The molecule has 1 aliphatic rings. The minimum Gasteiger partial charge on any atom is -0.426 e. The molecule has 0 aromatic carbocycles. The first-order chi connectivity index (χ1) is 9.38. The molecule has 0 spiro atoms. The summed E-state index contributed by atoms with van der Waals surface area (Å²) in [6, 6.07) is -1.16. The van der Waals surface area contributed by atoms with Gasteiger partial charge in [0.15, 0.2) is 0 Å². The van der Waals surface area contributed by atoms with Crippen LogP contribution in [0.15, 0.2) is 10.8 Å². The highest BCUT2D eigenvalue weighted by Crippen LogP contribution is 2.30. The van der Waals surface area contributed by atoms with Crippen molar-refractivity contribution in [2.75, 3.05) is 13.6 Å². The summed E-state index contributed by atoms with van der Waals surface area (Å²) in [5, 5.41) is 7.78. The fourth-order valence-corrected chi connectivity index (χ4v) is 2.44. The van der Waals surface area contributed by atoms with Crippen molar-refractivity contribution in [1.82, 2.24) is 20.2 Å². The van der Waals surface area contributed by atoms with Crippen molar-refractivity contribution in [2.24, 2.45) is 0 Å². The summed E-state index contributed by atoms with van der Waals surface area (Å²) < 4.78 is 39.0. The smallest absolute Gasteiger partial charge is 0.418 e. The average molecular weight is 306 g/mol. The Morgan fingerprint density at radius 2 is 2.35 bits per heavy atom. The van der Waals surface area contributed by atoms with Crippen molar-refractivity contribution in [3.05, 3.63) is 12.3 Å². The number of carbonyl (C=O) groups excluding carboxylic acids is 1. The number of rotatable bonds is 3. The Kier molecular flexibility index (Phi) is 4.20. The van der Waals surface area contributed by atoms with Crippen molar-refractivity contribution in [3.63, 3.8) is 0 Å². The number of hydroxylamine groups is 2. The van der Waals surface area contributed by atoms with Gasteiger partial charge in [0, 0.05) is 13.6 Å². The normalized spacial score (nSPS) is 19.9. The topological polar surface area (TPSA) is 126 Å². The lowest BCUT2D eigenvalue weighted by molar-refractivity contribution is -0.0202. The molecule has 0 unspecified atom stereocenters. The zero-order chi connectivity index (χ0) is 14.8. The van der Waals surface area contributed by atoms with Crippen molar-refractivity contribution in [3.8, 4) is 0 Å². The van der Waals surface area contributed by atoms with E-state index in [1.54, 1.807) is 0 Å². The summed E-state index contributed by atoms with van der Waals surface area (Å²) >= 11 is 0. The van der Waals surface area contributed by atoms with Gasteiger partial charge in [-0.3, -0.25) is 4.55 Å². The standard InChI is InChI=1S/C9H14N4O6S/c1-12(19-20(15,16)17)9(14)13-5-3-2-4-7(13)8-11-10-6-18-8/h6-7H,2-5H2,1H3,(H,15,16,17)/t7-/m0/s1. The van der Waals surface area contributed by atoms with E-state index < -0.39 is 22.5 Å². The van der Waals surface area contributed by atoms with Crippen LogP contribution in [0.4, 0.5) is 4.79 Å². The number of amides is 2. The van der Waals surface area contributed by atoms with Crippen molar-refractivity contribution >= 4 is 16.4 Å². The molecule has 0 radical (unpaired) electrons. The summed E-state index contributed by atoms with van der Waals surface area (Å²) in [7, 11) is -3.66. The largest absolute Gasteiger partial charge is 0.426 e. The summed E-state index contributed by atoms with van der Waals surface area (Å²) in [5.41, 5.74) is 0. The fourth-order valence-electron chi connectivity index (χ4n) is 2.10. The molecule has 1 aromatic rings. The van der Waals surface area contributed by atoms with Gasteiger partial charge in [0.05, 0.1) is 0 Å². The number of urea groups is 1. The van der Waals surface area contributed by atoms with Crippen LogP contribution in [0.2, 0.25) is 0 Å². The molecule has 1 aromatic heterocycles. The van der Waals surface area contributed by atoms with Gasteiger partial charge >= 0.3 is 16.4 Å². The average Bonchev–Trinajstić information content (AvgIpc) is 2.89. The third kappa shape index (κ3) is 3.43. The number of nitrogens with zero attached hydrogens (tertiary/aromatic N) is 4. The van der Waals surface area contributed by atoms with E-state index in [4.69, 9.17) is 8.97 Å². The summed E-state index contributed by atoms with van der Waals surface area (Å²) in [4.78, 5) is 13.5. The number of aromatic nitrogens is 2. The van der Waals surface area contributed by atoms with E-state index in [1.807, 2.05) is 0 Å². The SMILES string of the molecule is CN(OS(=O)(=O)O)C(=O)N1CCCC[C@H]1c1nnco1. The van der Waals surface area contributed by atoms with E-state index in [-0.39, 0.29) is 5.89 Å². The molecule has 2 rings (SSSR count). The van der Waals surface area contributed by atoms with Gasteiger partial charge in [0.2, 0.25) is 12.3 Å². The number of piperidine rings is 1. The van der Waals surface area contributed by atoms with E-state index in [0.29, 0.717) is 18.0 Å². The second-order valence-corrected chi connectivity index (χ2v) is 5.27. The van der Waals surface area contributed by atoms with Crippen LogP contribution in [-0.4, -0.2) is 52.8 Å². The molecule has 112 valence electrons. The number of likely N-dealkylation sites (tertiary alicyclic amines) is 1. The first-order valence-corrected chi connectivity index (χ1v) is 7.22. The Morgan fingerprint density at radius 1 is 1.60 bits per heavy atom. The van der Waals surface area contributed by atoms with Gasteiger partial charge in [-0.25, -0.2) is 4.79 Å². The van der Waals surface area contributed by atoms with Gasteiger partial charge in [0.1, 0.15) is 6.04 Å². The third-order valence-corrected chi connectivity index (χ3v) is 3.30. The molecule has 10 nitrogen and oxygen atoms in total. The van der Waals surface area contributed by atoms with Gasteiger partial charge in [0.25, 0.3) is 0 Å². The predicted octanol–water partition coefficient (Wildman–Crippen LogP) is 0.383. The number of hydrogen-bond acceptors (Lipinski definition) is 7. The van der Waals surface area contributed by atoms with Gasteiger partial charge in [-0.15, -0.1) is 14.5 Å². The van der Waals surface area contributed by atoms with E-state index in [0.717, 1.165) is 26.3 Å². The van der Waals surface area contributed by atoms with Gasteiger partial charge in [-0.05, 0) is 19.3 Å². The van der Waals surface area contributed by atoms with E-state index in [2.05, 4.69) is 14.5 Å². The van der Waals surface area contributed by atoms with Crippen LogP contribution in [0.3, 0.4) is 0 Å². The first-order valence-electron chi connectivity index (χ1n) is 5.86. The molecular weight excluding hydrogens is 292 g/mol. The van der Waals surface area contributed by atoms with E-state index in [9.17, 15) is 13.2 Å². The van der Waals surface area contributed by atoms with Crippen LogP contribution in [0.5, 0.6) is 0 Å². The van der Waals surface area contributed by atoms with E-state index in [1.165, 1.54) is 4.90 Å². The molecule has 0 aliphatic carbocycles. The van der Waals surface area contributed by atoms with Gasteiger partial charge < -0.3 is 9.32 Å². The highest BCUT2D eigenvalue weighted by atomic mass is 32.3. The summed E-state index contributed by atoms with van der Waals surface area (Å²) in [5.74, 6) is 0.276. The third-order valence-electron chi connectivity index (χ3n) is 2.89. The molecule has 1 fully saturated rings. The Bertz CT molecular complexity index is 559. The highest BCUT2D eigenvalue weighted by Gasteiger charge is 2.34. The fraction of sp³-hybridized carbons (Fsp3) is 0.667. The number of carbonyl (C=O) groups is 1. The first kappa shape index (κ1) is 14.7. The maximum absolute atomic E-state index is 12.1. The highest BCUT2D eigenvalue weighted by molar-refractivity contribution is 7.80. The second-order valence-electron chi connectivity index (χ2n) is 4.26. The zero-order valence-corrected chi connectivity index (χ0v) is 11.5. The Hall–Kier alpha value is -1.72. The maximum Gasteiger partial charge on any atom is 0.418 e. The van der Waals surface area contributed by atoms with Crippen molar-refractivity contribution in [2.45, 2.75) is 25.3 Å². The van der Waals surface area contributed by atoms with Crippen LogP contribution in [0.1, 0.15) is 31.2 Å². The van der Waals surface area contributed by atoms with Gasteiger partial charge in [-0.2, -0.15) is 13.5 Å². The molecule has 2 amide bonds. The Balaban J connectivity index is 2.13. The van der Waals surface area contributed by atoms with Crippen molar-refractivity contribution < 1.29 is 26.5 Å². The quantitative estimate of drug-likeness (QED) is 0.627. The molecule has 1 atom stereocenters.